The van der Waals surface area contributed by atoms with Gasteiger partial charge in [-0.15, -0.1) is 0 Å². The Labute approximate surface area is 201 Å². The smallest absolute Gasteiger partial charge is 0.269 e. The van der Waals surface area contributed by atoms with Crippen molar-refractivity contribution < 1.29 is 19.5 Å². The number of amides is 3. The molecular formula is C25H24N6O4. The number of hydrogen-bond donors (Lipinski definition) is 2. The van der Waals surface area contributed by atoms with Crippen LogP contribution in [0.25, 0.3) is 16.7 Å². The minimum atomic E-state index is -1.69. The molecule has 0 bridgehead atoms. The molecule has 2 aromatic heterocycles. The first kappa shape index (κ1) is 22.6. The normalized spacial score (nSPS) is 20.0. The van der Waals surface area contributed by atoms with Crippen LogP contribution in [-0.2, 0) is 9.59 Å². The van der Waals surface area contributed by atoms with Crippen molar-refractivity contribution in [3.05, 3.63) is 53.3 Å². The Bertz CT molecular complexity index is 1450. The van der Waals surface area contributed by atoms with E-state index in [4.69, 9.17) is 5.73 Å². The lowest BCUT2D eigenvalue weighted by Gasteiger charge is -2.38. The minimum absolute atomic E-state index is 0.0281. The van der Waals surface area contributed by atoms with Gasteiger partial charge in [-0.3, -0.25) is 14.4 Å². The number of nitrogens with zero attached hydrogens (tertiary/aromatic N) is 5. The molecule has 3 amide bonds. The Morgan fingerprint density at radius 2 is 2.03 bits per heavy atom. The zero-order chi connectivity index (χ0) is 24.9. The van der Waals surface area contributed by atoms with Gasteiger partial charge in [-0.2, -0.15) is 5.10 Å². The average Bonchev–Trinajstić information content (AvgIpc) is 3.30. The quantitative estimate of drug-likeness (QED) is 0.530. The molecule has 3 aromatic rings. The van der Waals surface area contributed by atoms with E-state index in [-0.39, 0.29) is 23.9 Å². The molecule has 1 atom stereocenters. The predicted molar refractivity (Wildman–Crippen MR) is 126 cm³/mol. The molecule has 2 aliphatic heterocycles. The molecule has 10 nitrogen and oxygen atoms in total. The number of rotatable bonds is 3. The second-order valence-corrected chi connectivity index (χ2v) is 9.02. The van der Waals surface area contributed by atoms with Crippen molar-refractivity contribution in [2.24, 2.45) is 5.73 Å². The number of likely N-dealkylation sites (N-methyl/N-ethyl adjacent to an activating group) is 1. The SMILES string of the molecule is CC(=O)N1CC(c2cnc3c(c2)c(C(N)=O)nn3-c2cccc(C#C[C@]3(O)CCN(C)C3=O)c2)C1. The van der Waals surface area contributed by atoms with E-state index in [2.05, 4.69) is 21.9 Å². The summed E-state index contributed by atoms with van der Waals surface area (Å²) in [5.41, 5.74) is 6.56. The lowest BCUT2D eigenvalue weighted by atomic mass is 9.92. The number of carbonyl (C=O) groups is 3. The number of benzene rings is 1. The van der Waals surface area contributed by atoms with E-state index in [0.29, 0.717) is 41.9 Å². The maximum Gasteiger partial charge on any atom is 0.269 e. The van der Waals surface area contributed by atoms with E-state index >= 15 is 0 Å². The van der Waals surface area contributed by atoms with Crippen LogP contribution in [-0.4, -0.2) is 79.7 Å². The molecule has 35 heavy (non-hydrogen) atoms. The molecule has 0 spiro atoms. The predicted octanol–water partition coefficient (Wildman–Crippen LogP) is 0.410. The van der Waals surface area contributed by atoms with Gasteiger partial charge in [0.05, 0.1) is 11.1 Å². The third-order valence-corrected chi connectivity index (χ3v) is 6.59. The average molecular weight is 473 g/mol. The Kier molecular flexibility index (Phi) is 5.29. The highest BCUT2D eigenvalue weighted by Crippen LogP contribution is 2.30. The molecule has 2 aliphatic rings. The number of pyridine rings is 1. The lowest BCUT2D eigenvalue weighted by Crippen LogP contribution is -2.47. The molecule has 4 heterocycles. The molecule has 0 unspecified atom stereocenters. The summed E-state index contributed by atoms with van der Waals surface area (Å²) in [7, 11) is 1.63. The van der Waals surface area contributed by atoms with Crippen molar-refractivity contribution in [1.82, 2.24) is 24.6 Å². The summed E-state index contributed by atoms with van der Waals surface area (Å²) in [5, 5.41) is 15.5. The van der Waals surface area contributed by atoms with Gasteiger partial charge in [0.15, 0.2) is 11.3 Å². The first-order valence-corrected chi connectivity index (χ1v) is 11.2. The van der Waals surface area contributed by atoms with Gasteiger partial charge in [-0.05, 0) is 29.8 Å². The van der Waals surface area contributed by atoms with Crippen molar-refractivity contribution in [2.45, 2.75) is 24.9 Å². The van der Waals surface area contributed by atoms with E-state index in [9.17, 15) is 19.5 Å². The molecule has 178 valence electrons. The summed E-state index contributed by atoms with van der Waals surface area (Å²) < 4.78 is 1.52. The second kappa shape index (κ2) is 8.21. The van der Waals surface area contributed by atoms with Crippen LogP contribution >= 0.6 is 0 Å². The molecule has 0 saturated carbocycles. The zero-order valence-corrected chi connectivity index (χ0v) is 19.4. The number of fused-ring (bicyclic) bond motifs is 1. The molecule has 1 aromatic carbocycles. The third-order valence-electron chi connectivity index (χ3n) is 6.59. The van der Waals surface area contributed by atoms with Gasteiger partial charge in [0.25, 0.3) is 11.8 Å². The van der Waals surface area contributed by atoms with Crippen molar-refractivity contribution in [3.63, 3.8) is 0 Å². The second-order valence-electron chi connectivity index (χ2n) is 9.02. The zero-order valence-electron chi connectivity index (χ0n) is 19.4. The Hall–Kier alpha value is -4.23. The van der Waals surface area contributed by atoms with Crippen LogP contribution in [0.1, 0.15) is 40.9 Å². The number of likely N-dealkylation sites (tertiary alicyclic amines) is 2. The number of aromatic nitrogens is 3. The molecule has 2 saturated heterocycles. The number of hydrogen-bond acceptors (Lipinski definition) is 6. The van der Waals surface area contributed by atoms with Gasteiger partial charge >= 0.3 is 0 Å². The Morgan fingerprint density at radius 3 is 2.69 bits per heavy atom. The van der Waals surface area contributed by atoms with Crippen molar-refractivity contribution in [2.75, 3.05) is 26.7 Å². The molecule has 0 radical (unpaired) electrons. The number of nitrogens with two attached hydrogens (primary N) is 1. The van der Waals surface area contributed by atoms with Crippen LogP contribution in [0.15, 0.2) is 36.5 Å². The van der Waals surface area contributed by atoms with Gasteiger partial charge in [-0.1, -0.05) is 17.9 Å². The van der Waals surface area contributed by atoms with Crippen LogP contribution < -0.4 is 5.73 Å². The van der Waals surface area contributed by atoms with Crippen molar-refractivity contribution in [1.29, 1.82) is 0 Å². The summed E-state index contributed by atoms with van der Waals surface area (Å²) >= 11 is 0. The fraction of sp³-hybridized carbons (Fsp3) is 0.320. The number of primary amides is 1. The Balaban J connectivity index is 1.50. The monoisotopic (exact) mass is 472 g/mol. The van der Waals surface area contributed by atoms with E-state index in [1.807, 2.05) is 6.07 Å². The highest BCUT2D eigenvalue weighted by Gasteiger charge is 2.42. The molecular weight excluding hydrogens is 448 g/mol. The maximum absolute atomic E-state index is 12.2. The van der Waals surface area contributed by atoms with Crippen LogP contribution in [0.5, 0.6) is 0 Å². The topological polar surface area (TPSA) is 135 Å². The van der Waals surface area contributed by atoms with Gasteiger partial charge in [-0.25, -0.2) is 9.67 Å². The fourth-order valence-corrected chi connectivity index (χ4v) is 4.41. The molecule has 5 rings (SSSR count). The third kappa shape index (κ3) is 3.90. The summed E-state index contributed by atoms with van der Waals surface area (Å²) in [4.78, 5) is 43.6. The summed E-state index contributed by atoms with van der Waals surface area (Å²) in [6.45, 7) is 3.19. The number of aliphatic hydroxyl groups is 1. The minimum Gasteiger partial charge on any atom is -0.369 e. The molecule has 2 fully saturated rings. The fourth-order valence-electron chi connectivity index (χ4n) is 4.41. The standard InChI is InChI=1S/C25H24N6O4/c1-15(32)30-13-18(14-30)17-11-20-21(22(26)33)28-31(23(20)27-12-17)19-5-3-4-16(10-19)6-7-25(35)8-9-29(2)24(25)34/h3-5,10-12,18,35H,8-9,13-14H2,1-2H3,(H2,26,33)/t25-/m0/s1. The van der Waals surface area contributed by atoms with E-state index < -0.39 is 17.4 Å². The van der Waals surface area contributed by atoms with Gasteiger partial charge in [0.1, 0.15) is 0 Å². The first-order valence-electron chi connectivity index (χ1n) is 11.2. The summed E-state index contributed by atoms with van der Waals surface area (Å²) in [5.74, 6) is 4.67. The molecule has 0 aliphatic carbocycles. The lowest BCUT2D eigenvalue weighted by molar-refractivity contribution is -0.137. The highest BCUT2D eigenvalue weighted by molar-refractivity contribution is 6.03. The largest absolute Gasteiger partial charge is 0.369 e. The summed E-state index contributed by atoms with van der Waals surface area (Å²) in [6.07, 6.45) is 1.98. The van der Waals surface area contributed by atoms with Gasteiger partial charge < -0.3 is 20.6 Å². The van der Waals surface area contributed by atoms with E-state index in [1.165, 1.54) is 16.5 Å². The number of carbonyl (C=O) groups excluding carboxylic acids is 3. The first-order chi connectivity index (χ1) is 16.7. The molecule has 3 N–H and O–H groups in total. The Morgan fingerprint density at radius 1 is 1.26 bits per heavy atom. The van der Waals surface area contributed by atoms with Crippen LogP contribution in [0.2, 0.25) is 0 Å². The van der Waals surface area contributed by atoms with Crippen LogP contribution in [0, 0.1) is 11.8 Å². The summed E-state index contributed by atoms with van der Waals surface area (Å²) in [6, 6.07) is 8.91. The van der Waals surface area contributed by atoms with E-state index in [0.717, 1.165) is 5.56 Å². The van der Waals surface area contributed by atoms with Crippen molar-refractivity contribution >= 4 is 28.8 Å². The highest BCUT2D eigenvalue weighted by atomic mass is 16.3. The van der Waals surface area contributed by atoms with Crippen molar-refractivity contribution in [3.8, 4) is 17.5 Å². The van der Waals surface area contributed by atoms with Crippen LogP contribution in [0.4, 0.5) is 0 Å². The van der Waals surface area contributed by atoms with Gasteiger partial charge in [0.2, 0.25) is 11.5 Å². The van der Waals surface area contributed by atoms with E-state index in [1.54, 1.807) is 42.4 Å². The van der Waals surface area contributed by atoms with Crippen LogP contribution in [0.3, 0.4) is 0 Å². The maximum atomic E-state index is 12.2. The molecule has 10 heteroatoms. The van der Waals surface area contributed by atoms with Gasteiger partial charge in [0, 0.05) is 57.7 Å².